The zero-order chi connectivity index (χ0) is 18.8. The number of rotatable bonds is 5. The fraction of sp³-hybridized carbons (Fsp3) is 0.357. The minimum atomic E-state index is -4.82. The van der Waals surface area contributed by atoms with E-state index in [2.05, 4.69) is 14.7 Å². The molecule has 0 radical (unpaired) electrons. The predicted molar refractivity (Wildman–Crippen MR) is 72.0 cm³/mol. The molecule has 11 heteroatoms. The van der Waals surface area contributed by atoms with Crippen LogP contribution in [0.4, 0.5) is 26.3 Å². The lowest BCUT2D eigenvalue weighted by molar-refractivity contribution is -0.159. The summed E-state index contributed by atoms with van der Waals surface area (Å²) >= 11 is 0. The Morgan fingerprint density at radius 3 is 2.28 bits per heavy atom. The highest BCUT2D eigenvalue weighted by atomic mass is 19.4. The summed E-state index contributed by atoms with van der Waals surface area (Å²) in [5, 5.41) is 4.38. The topological polar surface area (TPSA) is 68.0 Å². The Kier molecular flexibility index (Phi) is 5.04. The summed E-state index contributed by atoms with van der Waals surface area (Å²) in [6.45, 7) is 1.33. The van der Waals surface area contributed by atoms with Gasteiger partial charge in [-0.05, 0) is 5.56 Å². The molecule has 136 valence electrons. The first-order chi connectivity index (χ1) is 11.5. The van der Waals surface area contributed by atoms with Crippen LogP contribution in [0.3, 0.4) is 0 Å². The molecule has 1 unspecified atom stereocenters. The summed E-state index contributed by atoms with van der Waals surface area (Å²) in [7, 11) is 0. The molecule has 1 atom stereocenters. The molecule has 1 amide bonds. The molecule has 1 aromatic heterocycles. The van der Waals surface area contributed by atoms with Crippen molar-refractivity contribution < 1.29 is 35.7 Å². The number of alkyl halides is 6. The number of hydrogen-bond acceptors (Lipinski definition) is 4. The molecule has 0 aliphatic heterocycles. The Morgan fingerprint density at radius 2 is 1.80 bits per heavy atom. The molecule has 0 aliphatic carbocycles. The van der Waals surface area contributed by atoms with Crippen LogP contribution >= 0.6 is 0 Å². The first-order valence-corrected chi connectivity index (χ1v) is 6.88. The van der Waals surface area contributed by atoms with Crippen molar-refractivity contribution in [2.75, 3.05) is 0 Å². The van der Waals surface area contributed by atoms with E-state index in [1.165, 1.54) is 12.2 Å². The molecule has 1 heterocycles. The predicted octanol–water partition coefficient (Wildman–Crippen LogP) is 3.89. The minimum Gasteiger partial charge on any atom is -0.329 e. The van der Waals surface area contributed by atoms with E-state index in [0.29, 0.717) is 0 Å². The molecule has 0 bridgehead atoms. The van der Waals surface area contributed by atoms with E-state index in [9.17, 15) is 31.1 Å². The van der Waals surface area contributed by atoms with Gasteiger partial charge in [-0.25, -0.2) is 4.39 Å². The second-order valence-electron chi connectivity index (χ2n) is 4.93. The quantitative estimate of drug-likeness (QED) is 0.643. The van der Waals surface area contributed by atoms with Gasteiger partial charge in [-0.3, -0.25) is 10.1 Å². The summed E-state index contributed by atoms with van der Waals surface area (Å²) in [6.07, 6.45) is -7.91. The monoisotopic (exact) mass is 367 g/mol. The van der Waals surface area contributed by atoms with Crippen LogP contribution in [0.25, 0.3) is 11.4 Å². The van der Waals surface area contributed by atoms with E-state index in [1.807, 2.05) is 0 Å². The smallest absolute Gasteiger partial charge is 0.329 e. The number of aromatic nitrogens is 2. The first-order valence-electron chi connectivity index (χ1n) is 6.88. The molecule has 0 saturated heterocycles. The third-order valence-electron chi connectivity index (χ3n) is 3.08. The molecular formula is C14H11F6N3O2. The lowest BCUT2D eigenvalue weighted by Gasteiger charge is -2.21. The van der Waals surface area contributed by atoms with Crippen LogP contribution in [-0.4, -0.2) is 22.1 Å². The average Bonchev–Trinajstić information content (AvgIpc) is 3.04. The molecule has 2 aromatic rings. The van der Waals surface area contributed by atoms with Crippen molar-refractivity contribution in [3.05, 3.63) is 35.7 Å². The molecule has 0 fully saturated rings. The van der Waals surface area contributed by atoms with E-state index in [4.69, 9.17) is 0 Å². The number of carbonyl (C=O) groups is 1. The number of nitrogens with zero attached hydrogens (tertiary/aromatic N) is 2. The maximum atomic E-state index is 13.9. The van der Waals surface area contributed by atoms with Gasteiger partial charge in [0.15, 0.2) is 0 Å². The van der Waals surface area contributed by atoms with Crippen LogP contribution in [0.1, 0.15) is 31.0 Å². The van der Waals surface area contributed by atoms with Crippen LogP contribution in [0.5, 0.6) is 0 Å². The second kappa shape index (κ2) is 6.73. The molecule has 0 spiro atoms. The van der Waals surface area contributed by atoms with Crippen molar-refractivity contribution in [3.63, 3.8) is 0 Å². The highest BCUT2D eigenvalue weighted by Gasteiger charge is 2.42. The molecule has 2 rings (SSSR count). The SMILES string of the molecule is CCC(=O)NC(F)(F)C(F)c1ccc(-c2noc(C(F)(F)F)n2)cc1. The molecule has 0 saturated carbocycles. The van der Waals surface area contributed by atoms with Crippen molar-refractivity contribution in [1.29, 1.82) is 0 Å². The van der Waals surface area contributed by atoms with Gasteiger partial charge in [-0.15, -0.1) is 0 Å². The third-order valence-corrected chi connectivity index (χ3v) is 3.08. The summed E-state index contributed by atoms with van der Waals surface area (Å²) in [5.41, 5.74) is -0.471. The second-order valence-corrected chi connectivity index (χ2v) is 4.93. The van der Waals surface area contributed by atoms with Gasteiger partial charge in [-0.2, -0.15) is 26.9 Å². The van der Waals surface area contributed by atoms with Gasteiger partial charge in [0, 0.05) is 12.0 Å². The van der Waals surface area contributed by atoms with E-state index in [1.54, 1.807) is 0 Å². The lowest BCUT2D eigenvalue weighted by Crippen LogP contribution is -2.44. The van der Waals surface area contributed by atoms with Gasteiger partial charge in [0.25, 0.3) is 0 Å². The van der Waals surface area contributed by atoms with Crippen LogP contribution in [-0.2, 0) is 11.0 Å². The van der Waals surface area contributed by atoms with Gasteiger partial charge >= 0.3 is 18.1 Å². The molecule has 1 N–H and O–H groups in total. The van der Waals surface area contributed by atoms with Crippen molar-refractivity contribution >= 4 is 5.91 Å². The summed E-state index contributed by atoms with van der Waals surface area (Å²) in [5.74, 6) is -3.03. The maximum absolute atomic E-state index is 13.9. The third kappa shape index (κ3) is 4.28. The number of nitrogens with one attached hydrogen (secondary N) is 1. The Bertz CT molecular complexity index is 742. The summed E-state index contributed by atoms with van der Waals surface area (Å²) < 4.78 is 82.4. The van der Waals surface area contributed by atoms with Crippen LogP contribution in [0.2, 0.25) is 0 Å². The Morgan fingerprint density at radius 1 is 1.20 bits per heavy atom. The number of halogens is 6. The zero-order valence-corrected chi connectivity index (χ0v) is 12.6. The van der Waals surface area contributed by atoms with Gasteiger partial charge in [0.2, 0.25) is 17.9 Å². The molecule has 0 aliphatic rings. The van der Waals surface area contributed by atoms with Gasteiger partial charge in [-0.1, -0.05) is 36.3 Å². The first kappa shape index (κ1) is 18.7. The van der Waals surface area contributed by atoms with E-state index in [0.717, 1.165) is 24.3 Å². The fourth-order valence-electron chi connectivity index (χ4n) is 1.80. The Hall–Kier alpha value is -2.59. The largest absolute Gasteiger partial charge is 0.471 e. The number of amides is 1. The Balaban J connectivity index is 2.19. The minimum absolute atomic E-state index is 0.0103. The number of hydrogen-bond donors (Lipinski definition) is 1. The van der Waals surface area contributed by atoms with Crippen molar-refractivity contribution in [2.45, 2.75) is 31.7 Å². The van der Waals surface area contributed by atoms with Crippen molar-refractivity contribution in [1.82, 2.24) is 15.5 Å². The maximum Gasteiger partial charge on any atom is 0.471 e. The van der Waals surface area contributed by atoms with Gasteiger partial charge in [0.1, 0.15) is 0 Å². The molecule has 5 nitrogen and oxygen atoms in total. The summed E-state index contributed by atoms with van der Waals surface area (Å²) in [6, 6.07) is -0.162. The number of carbonyl (C=O) groups excluding carboxylic acids is 1. The standard InChI is InChI=1S/C14H11F6N3O2/c1-2-9(24)22-14(19,20)10(15)7-3-5-8(6-4-7)11-21-12(25-23-11)13(16,17)18/h3-6,10H,2H2,1H3,(H,22,24). The van der Waals surface area contributed by atoms with Crippen molar-refractivity contribution in [2.24, 2.45) is 0 Å². The highest BCUT2D eigenvalue weighted by Crippen LogP contribution is 2.34. The van der Waals surface area contributed by atoms with Crippen LogP contribution < -0.4 is 5.32 Å². The van der Waals surface area contributed by atoms with E-state index < -0.39 is 41.6 Å². The van der Waals surface area contributed by atoms with Crippen LogP contribution in [0, 0.1) is 0 Å². The zero-order valence-electron chi connectivity index (χ0n) is 12.6. The number of benzene rings is 1. The normalized spacial score (nSPS) is 13.6. The lowest BCUT2D eigenvalue weighted by atomic mass is 10.1. The van der Waals surface area contributed by atoms with E-state index >= 15 is 0 Å². The fourth-order valence-corrected chi connectivity index (χ4v) is 1.80. The van der Waals surface area contributed by atoms with Gasteiger partial charge < -0.3 is 4.52 Å². The van der Waals surface area contributed by atoms with Crippen molar-refractivity contribution in [3.8, 4) is 11.4 Å². The van der Waals surface area contributed by atoms with Gasteiger partial charge in [0.05, 0.1) is 0 Å². The molecular weight excluding hydrogens is 356 g/mol. The molecule has 25 heavy (non-hydrogen) atoms. The van der Waals surface area contributed by atoms with Crippen LogP contribution in [0.15, 0.2) is 28.8 Å². The molecule has 1 aromatic carbocycles. The van der Waals surface area contributed by atoms with E-state index in [-0.39, 0.29) is 12.0 Å². The average molecular weight is 367 g/mol. The highest BCUT2D eigenvalue weighted by molar-refractivity contribution is 5.76. The summed E-state index contributed by atoms with van der Waals surface area (Å²) in [4.78, 5) is 14.1. The Labute approximate surface area is 137 Å².